The van der Waals surface area contributed by atoms with E-state index in [1.165, 1.54) is 5.56 Å². The van der Waals surface area contributed by atoms with Crippen LogP contribution in [-0.2, 0) is 6.54 Å². The number of hydrogen-bond acceptors (Lipinski definition) is 5. The SMILES string of the molecule is Cc1cc(C)n(-c2ccc(C(=O)N3CCN(Cc4ccc5c(c4)OCO5)CC3)cc2)n1. The van der Waals surface area contributed by atoms with Crippen molar-refractivity contribution in [3.05, 3.63) is 71.0 Å². The lowest BCUT2D eigenvalue weighted by Crippen LogP contribution is -2.48. The summed E-state index contributed by atoms with van der Waals surface area (Å²) in [6.07, 6.45) is 0. The quantitative estimate of drug-likeness (QED) is 0.651. The van der Waals surface area contributed by atoms with Crippen LogP contribution in [-0.4, -0.2) is 58.5 Å². The number of benzene rings is 2. The molecule has 3 heterocycles. The second-order valence-corrected chi connectivity index (χ2v) is 8.14. The smallest absolute Gasteiger partial charge is 0.253 e. The summed E-state index contributed by atoms with van der Waals surface area (Å²) in [7, 11) is 0. The first kappa shape index (κ1) is 19.6. The molecular formula is C24H26N4O3. The zero-order valence-corrected chi connectivity index (χ0v) is 17.9. The molecule has 0 radical (unpaired) electrons. The standard InChI is InChI=1S/C24H26N4O3/c1-17-13-18(2)28(25-17)21-6-4-20(5-7-21)24(29)27-11-9-26(10-12-27)15-19-3-8-22-23(14-19)31-16-30-22/h3-8,13-14H,9-12,15-16H2,1-2H3. The minimum Gasteiger partial charge on any atom is -0.454 e. The lowest BCUT2D eigenvalue weighted by atomic mass is 10.1. The van der Waals surface area contributed by atoms with Gasteiger partial charge in [-0.25, -0.2) is 4.68 Å². The van der Waals surface area contributed by atoms with Gasteiger partial charge in [0.15, 0.2) is 11.5 Å². The van der Waals surface area contributed by atoms with E-state index in [2.05, 4.69) is 16.1 Å². The highest BCUT2D eigenvalue weighted by molar-refractivity contribution is 5.94. The Morgan fingerprint density at radius 2 is 1.68 bits per heavy atom. The lowest BCUT2D eigenvalue weighted by molar-refractivity contribution is 0.0628. The Hall–Kier alpha value is -3.32. The minimum atomic E-state index is 0.0858. The van der Waals surface area contributed by atoms with Crippen molar-refractivity contribution in [3.63, 3.8) is 0 Å². The van der Waals surface area contributed by atoms with Crippen LogP contribution in [0, 0.1) is 13.8 Å². The predicted octanol–water partition coefficient (Wildman–Crippen LogP) is 3.18. The van der Waals surface area contributed by atoms with Gasteiger partial charge >= 0.3 is 0 Å². The molecule has 1 amide bonds. The molecule has 1 saturated heterocycles. The second-order valence-electron chi connectivity index (χ2n) is 8.14. The van der Waals surface area contributed by atoms with E-state index in [0.29, 0.717) is 6.79 Å². The summed E-state index contributed by atoms with van der Waals surface area (Å²) in [6, 6.07) is 15.8. The molecule has 31 heavy (non-hydrogen) atoms. The van der Waals surface area contributed by atoms with Crippen molar-refractivity contribution in [2.75, 3.05) is 33.0 Å². The van der Waals surface area contributed by atoms with Crippen LogP contribution in [0.1, 0.15) is 27.3 Å². The number of nitrogens with zero attached hydrogens (tertiary/aromatic N) is 4. The van der Waals surface area contributed by atoms with Crippen LogP contribution in [0.4, 0.5) is 0 Å². The molecule has 0 N–H and O–H groups in total. The molecule has 160 valence electrons. The fourth-order valence-electron chi connectivity index (χ4n) is 4.22. The Kier molecular flexibility index (Phi) is 5.11. The van der Waals surface area contributed by atoms with Gasteiger partial charge in [0, 0.05) is 44.0 Å². The van der Waals surface area contributed by atoms with Crippen molar-refractivity contribution in [1.82, 2.24) is 19.6 Å². The van der Waals surface area contributed by atoms with E-state index in [-0.39, 0.29) is 5.91 Å². The molecule has 0 atom stereocenters. The third-order valence-corrected chi connectivity index (χ3v) is 5.87. The van der Waals surface area contributed by atoms with Gasteiger partial charge in [-0.15, -0.1) is 0 Å². The largest absolute Gasteiger partial charge is 0.454 e. The summed E-state index contributed by atoms with van der Waals surface area (Å²) in [6.45, 7) is 8.30. The number of amides is 1. The molecule has 7 nitrogen and oxygen atoms in total. The van der Waals surface area contributed by atoms with E-state index < -0.39 is 0 Å². The third kappa shape index (κ3) is 4.01. The maximum Gasteiger partial charge on any atom is 0.253 e. The maximum absolute atomic E-state index is 13.0. The van der Waals surface area contributed by atoms with Crippen LogP contribution in [0.15, 0.2) is 48.5 Å². The average molecular weight is 418 g/mol. The molecule has 0 unspecified atom stereocenters. The molecule has 5 rings (SSSR count). The number of piperazine rings is 1. The summed E-state index contributed by atoms with van der Waals surface area (Å²) in [5.41, 5.74) is 4.94. The summed E-state index contributed by atoms with van der Waals surface area (Å²) >= 11 is 0. The number of carbonyl (C=O) groups excluding carboxylic acids is 1. The topological polar surface area (TPSA) is 59.8 Å². The molecular weight excluding hydrogens is 392 g/mol. The Labute approximate surface area is 181 Å². The molecule has 1 fully saturated rings. The van der Waals surface area contributed by atoms with Gasteiger partial charge in [-0.2, -0.15) is 5.10 Å². The van der Waals surface area contributed by atoms with Gasteiger partial charge in [-0.3, -0.25) is 9.69 Å². The van der Waals surface area contributed by atoms with E-state index in [1.54, 1.807) is 0 Å². The Bertz CT molecular complexity index is 1100. The zero-order valence-electron chi connectivity index (χ0n) is 17.9. The van der Waals surface area contributed by atoms with Crippen molar-refractivity contribution in [2.45, 2.75) is 20.4 Å². The van der Waals surface area contributed by atoms with Gasteiger partial charge in [0.1, 0.15) is 0 Å². The van der Waals surface area contributed by atoms with E-state index in [9.17, 15) is 4.79 Å². The van der Waals surface area contributed by atoms with Gasteiger partial charge < -0.3 is 14.4 Å². The lowest BCUT2D eigenvalue weighted by Gasteiger charge is -2.34. The van der Waals surface area contributed by atoms with Crippen LogP contribution < -0.4 is 9.47 Å². The predicted molar refractivity (Wildman–Crippen MR) is 117 cm³/mol. The Morgan fingerprint density at radius 1 is 0.935 bits per heavy atom. The fourth-order valence-corrected chi connectivity index (χ4v) is 4.22. The first-order chi connectivity index (χ1) is 15.1. The Morgan fingerprint density at radius 3 is 2.39 bits per heavy atom. The van der Waals surface area contributed by atoms with Gasteiger partial charge in [0.25, 0.3) is 5.91 Å². The van der Waals surface area contributed by atoms with Crippen molar-refractivity contribution >= 4 is 5.91 Å². The highest BCUT2D eigenvalue weighted by Gasteiger charge is 2.23. The highest BCUT2D eigenvalue weighted by atomic mass is 16.7. The molecule has 2 aromatic carbocycles. The van der Waals surface area contributed by atoms with Gasteiger partial charge in [-0.05, 0) is 61.9 Å². The summed E-state index contributed by atoms with van der Waals surface area (Å²) in [4.78, 5) is 17.3. The number of fused-ring (bicyclic) bond motifs is 1. The Balaban J connectivity index is 1.18. The molecule has 0 bridgehead atoms. The number of aryl methyl sites for hydroxylation is 2. The molecule has 1 aromatic heterocycles. The molecule has 2 aliphatic rings. The van der Waals surface area contributed by atoms with E-state index in [4.69, 9.17) is 9.47 Å². The van der Waals surface area contributed by atoms with Gasteiger partial charge in [0.2, 0.25) is 6.79 Å². The van der Waals surface area contributed by atoms with Crippen LogP contribution >= 0.6 is 0 Å². The molecule has 0 saturated carbocycles. The van der Waals surface area contributed by atoms with Gasteiger partial charge in [0.05, 0.1) is 11.4 Å². The normalized spacial score (nSPS) is 16.0. The fraction of sp³-hybridized carbons (Fsp3) is 0.333. The molecule has 0 spiro atoms. The zero-order chi connectivity index (χ0) is 21.4. The number of hydrogen-bond donors (Lipinski definition) is 0. The molecule has 7 heteroatoms. The molecule has 0 aliphatic carbocycles. The van der Waals surface area contributed by atoms with Gasteiger partial charge in [-0.1, -0.05) is 6.07 Å². The second kappa shape index (κ2) is 8.07. The van der Waals surface area contributed by atoms with E-state index in [0.717, 1.165) is 66.9 Å². The molecule has 2 aliphatic heterocycles. The minimum absolute atomic E-state index is 0.0858. The molecule has 3 aromatic rings. The van der Waals surface area contributed by atoms with Crippen molar-refractivity contribution in [3.8, 4) is 17.2 Å². The summed E-state index contributed by atoms with van der Waals surface area (Å²) < 4.78 is 12.8. The summed E-state index contributed by atoms with van der Waals surface area (Å²) in [5, 5.41) is 4.51. The highest BCUT2D eigenvalue weighted by Crippen LogP contribution is 2.32. The van der Waals surface area contributed by atoms with E-state index >= 15 is 0 Å². The maximum atomic E-state index is 13.0. The first-order valence-electron chi connectivity index (χ1n) is 10.6. The van der Waals surface area contributed by atoms with Crippen LogP contribution in [0.25, 0.3) is 5.69 Å². The van der Waals surface area contributed by atoms with E-state index in [1.807, 2.05) is 65.9 Å². The van der Waals surface area contributed by atoms with Crippen molar-refractivity contribution in [2.24, 2.45) is 0 Å². The monoisotopic (exact) mass is 418 g/mol. The van der Waals surface area contributed by atoms with Crippen LogP contribution in [0.2, 0.25) is 0 Å². The first-order valence-corrected chi connectivity index (χ1v) is 10.6. The van der Waals surface area contributed by atoms with Crippen molar-refractivity contribution in [1.29, 1.82) is 0 Å². The summed E-state index contributed by atoms with van der Waals surface area (Å²) in [5.74, 6) is 1.71. The third-order valence-electron chi connectivity index (χ3n) is 5.87. The van der Waals surface area contributed by atoms with Crippen molar-refractivity contribution < 1.29 is 14.3 Å². The number of carbonyl (C=O) groups is 1. The number of aromatic nitrogens is 2. The number of ether oxygens (including phenoxy) is 2. The average Bonchev–Trinajstić information content (AvgIpc) is 3.39. The van der Waals surface area contributed by atoms with Crippen LogP contribution in [0.5, 0.6) is 11.5 Å². The van der Waals surface area contributed by atoms with Crippen LogP contribution in [0.3, 0.4) is 0 Å². The number of rotatable bonds is 4.